The Labute approximate surface area is 193 Å². The molecule has 0 atom stereocenters. The highest BCUT2D eigenvalue weighted by Gasteiger charge is 2.22. The molecule has 32 heavy (non-hydrogen) atoms. The van der Waals surface area contributed by atoms with E-state index >= 15 is 0 Å². The minimum atomic E-state index is -0.160. The van der Waals surface area contributed by atoms with Crippen LogP contribution in [0, 0.1) is 5.92 Å². The number of hydrogen-bond acceptors (Lipinski definition) is 0. The van der Waals surface area contributed by atoms with E-state index in [1.54, 1.807) is 0 Å². The summed E-state index contributed by atoms with van der Waals surface area (Å²) in [6.45, 7) is 2.09. The minimum absolute atomic E-state index is 0.160. The van der Waals surface area contributed by atoms with Crippen LogP contribution in [0.15, 0.2) is 72.8 Å². The van der Waals surface area contributed by atoms with E-state index in [2.05, 4.69) is 79.7 Å². The highest BCUT2D eigenvalue weighted by Crippen LogP contribution is 2.37. The van der Waals surface area contributed by atoms with Gasteiger partial charge in [0.2, 0.25) is 0 Å². The molecule has 0 aromatic heterocycles. The van der Waals surface area contributed by atoms with Crippen molar-refractivity contribution in [2.75, 3.05) is 6.67 Å². The Hall–Kier alpha value is -2.41. The molecule has 0 spiro atoms. The van der Waals surface area contributed by atoms with Crippen molar-refractivity contribution < 1.29 is 4.39 Å². The molecule has 1 saturated carbocycles. The van der Waals surface area contributed by atoms with Gasteiger partial charge in [-0.3, -0.25) is 4.39 Å². The van der Waals surface area contributed by atoms with Crippen LogP contribution in [0.1, 0.15) is 75.3 Å². The van der Waals surface area contributed by atoms with E-state index in [1.165, 1.54) is 84.7 Å². The highest BCUT2D eigenvalue weighted by molar-refractivity contribution is 5.70. The Morgan fingerprint density at radius 1 is 0.656 bits per heavy atom. The Morgan fingerprint density at radius 2 is 1.16 bits per heavy atom. The second-order valence-electron chi connectivity index (χ2n) is 9.55. The van der Waals surface area contributed by atoms with Gasteiger partial charge >= 0.3 is 0 Å². The van der Waals surface area contributed by atoms with Crippen LogP contribution in [0.2, 0.25) is 0 Å². The zero-order chi connectivity index (χ0) is 22.2. The van der Waals surface area contributed by atoms with Crippen LogP contribution in [0.5, 0.6) is 0 Å². The first-order valence-electron chi connectivity index (χ1n) is 12.6. The lowest BCUT2D eigenvalue weighted by molar-refractivity contribution is 0.283. The second kappa shape index (κ2) is 11.5. The van der Waals surface area contributed by atoms with Gasteiger partial charge in [-0.2, -0.15) is 0 Å². The summed E-state index contributed by atoms with van der Waals surface area (Å²) in [5.74, 6) is 1.25. The average Bonchev–Trinajstić information content (AvgIpc) is 2.86. The monoisotopic (exact) mass is 428 g/mol. The summed E-state index contributed by atoms with van der Waals surface area (Å²) in [6.07, 6.45) is 10.6. The highest BCUT2D eigenvalue weighted by atomic mass is 19.1. The fourth-order valence-corrected chi connectivity index (χ4v) is 5.18. The number of aryl methyl sites for hydroxylation is 1. The van der Waals surface area contributed by atoms with E-state index < -0.39 is 0 Å². The number of halogens is 1. The van der Waals surface area contributed by atoms with Gasteiger partial charge in [-0.25, -0.2) is 0 Å². The van der Waals surface area contributed by atoms with E-state index in [4.69, 9.17) is 0 Å². The lowest BCUT2D eigenvalue weighted by Gasteiger charge is -2.28. The zero-order valence-corrected chi connectivity index (χ0v) is 19.5. The number of benzene rings is 3. The third-order valence-corrected chi connectivity index (χ3v) is 7.32. The van der Waals surface area contributed by atoms with Crippen molar-refractivity contribution in [3.63, 3.8) is 0 Å². The fraction of sp³-hybridized carbons (Fsp3) is 0.419. The molecule has 0 heterocycles. The van der Waals surface area contributed by atoms with Gasteiger partial charge in [0.15, 0.2) is 0 Å². The summed E-state index contributed by atoms with van der Waals surface area (Å²) in [5, 5.41) is 0. The van der Waals surface area contributed by atoms with Crippen LogP contribution >= 0.6 is 0 Å². The van der Waals surface area contributed by atoms with Crippen molar-refractivity contribution in [1.29, 1.82) is 0 Å². The molecule has 0 unspecified atom stereocenters. The molecular weight excluding hydrogens is 391 g/mol. The van der Waals surface area contributed by atoms with Crippen LogP contribution in [-0.4, -0.2) is 6.67 Å². The predicted octanol–water partition coefficient (Wildman–Crippen LogP) is 9.39. The lowest BCUT2D eigenvalue weighted by Crippen LogP contribution is -2.13. The molecule has 0 radical (unpaired) electrons. The molecule has 168 valence electrons. The van der Waals surface area contributed by atoms with Crippen LogP contribution in [0.3, 0.4) is 0 Å². The van der Waals surface area contributed by atoms with E-state index in [-0.39, 0.29) is 6.67 Å². The minimum Gasteiger partial charge on any atom is -0.251 e. The standard InChI is InChI=1S/C31H37F/c1-2-3-4-5-24-6-10-26(11-7-24)28-14-18-30(19-15-28)31-20-16-29(17-21-31)27-12-8-25(9-13-27)22-23-32/h6-7,10-11,14-21,25,27H,2-5,8-9,12-13,22-23H2,1H3/t25-,27-. The van der Waals surface area contributed by atoms with Gasteiger partial charge in [0, 0.05) is 0 Å². The van der Waals surface area contributed by atoms with E-state index in [9.17, 15) is 4.39 Å². The molecule has 0 aliphatic heterocycles. The molecule has 0 saturated heterocycles. The molecule has 1 heteroatoms. The van der Waals surface area contributed by atoms with Crippen LogP contribution in [0.25, 0.3) is 22.3 Å². The third kappa shape index (κ3) is 5.88. The summed E-state index contributed by atoms with van der Waals surface area (Å²) < 4.78 is 12.6. The van der Waals surface area contributed by atoms with Crippen molar-refractivity contribution in [3.8, 4) is 22.3 Å². The number of hydrogen-bond donors (Lipinski definition) is 0. The maximum absolute atomic E-state index is 12.6. The normalized spacial score (nSPS) is 18.6. The number of rotatable bonds is 9. The van der Waals surface area contributed by atoms with E-state index in [0.717, 1.165) is 6.42 Å². The van der Waals surface area contributed by atoms with Crippen molar-refractivity contribution in [2.45, 2.75) is 70.6 Å². The van der Waals surface area contributed by atoms with Gasteiger partial charge in [0.1, 0.15) is 0 Å². The molecule has 0 nitrogen and oxygen atoms in total. The summed E-state index contributed by atoms with van der Waals surface area (Å²) in [4.78, 5) is 0. The molecule has 1 aliphatic rings. The first-order valence-corrected chi connectivity index (χ1v) is 12.6. The van der Waals surface area contributed by atoms with Gasteiger partial charge in [-0.05, 0) is 90.2 Å². The van der Waals surface area contributed by atoms with E-state index in [0.29, 0.717) is 11.8 Å². The largest absolute Gasteiger partial charge is 0.251 e. The average molecular weight is 429 g/mol. The molecular formula is C31H37F. The first kappa shape index (κ1) is 22.8. The van der Waals surface area contributed by atoms with Gasteiger partial charge in [-0.15, -0.1) is 0 Å². The molecule has 0 bridgehead atoms. The maximum atomic E-state index is 12.6. The van der Waals surface area contributed by atoms with Crippen LogP contribution in [0.4, 0.5) is 4.39 Å². The molecule has 3 aromatic carbocycles. The smallest absolute Gasteiger partial charge is 0.0897 e. The molecule has 1 aliphatic carbocycles. The molecule has 0 N–H and O–H groups in total. The van der Waals surface area contributed by atoms with Crippen molar-refractivity contribution in [1.82, 2.24) is 0 Å². The summed E-state index contributed by atoms with van der Waals surface area (Å²) in [7, 11) is 0. The third-order valence-electron chi connectivity index (χ3n) is 7.32. The van der Waals surface area contributed by atoms with Gasteiger partial charge in [0.25, 0.3) is 0 Å². The summed E-state index contributed by atoms with van der Waals surface area (Å²) in [6, 6.07) is 27.2. The topological polar surface area (TPSA) is 0 Å². The van der Waals surface area contributed by atoms with Gasteiger partial charge < -0.3 is 0 Å². The van der Waals surface area contributed by atoms with Gasteiger partial charge in [-0.1, -0.05) is 92.6 Å². The first-order chi connectivity index (χ1) is 15.8. The summed E-state index contributed by atoms with van der Waals surface area (Å²) in [5.41, 5.74) is 7.99. The maximum Gasteiger partial charge on any atom is 0.0897 e. The van der Waals surface area contributed by atoms with Crippen molar-refractivity contribution >= 4 is 0 Å². The predicted molar refractivity (Wildman–Crippen MR) is 136 cm³/mol. The molecule has 0 amide bonds. The molecule has 1 fully saturated rings. The number of alkyl halides is 1. The SMILES string of the molecule is CCCCCc1ccc(-c2ccc(-c3ccc([C@H]4CC[C@H](CCF)CC4)cc3)cc2)cc1. The van der Waals surface area contributed by atoms with Crippen molar-refractivity contribution in [2.24, 2.45) is 5.92 Å². The van der Waals surface area contributed by atoms with Crippen molar-refractivity contribution in [3.05, 3.63) is 83.9 Å². The number of unbranched alkanes of at least 4 members (excludes halogenated alkanes) is 2. The summed E-state index contributed by atoms with van der Waals surface area (Å²) >= 11 is 0. The Bertz CT molecular complexity index is 929. The van der Waals surface area contributed by atoms with Gasteiger partial charge in [0.05, 0.1) is 6.67 Å². The zero-order valence-electron chi connectivity index (χ0n) is 19.5. The quantitative estimate of drug-likeness (QED) is 0.298. The lowest BCUT2D eigenvalue weighted by atomic mass is 9.77. The fourth-order valence-electron chi connectivity index (χ4n) is 5.18. The van der Waals surface area contributed by atoms with Crippen LogP contribution in [-0.2, 0) is 6.42 Å². The second-order valence-corrected chi connectivity index (χ2v) is 9.55. The molecule has 3 aromatic rings. The Balaban J connectivity index is 1.37. The molecule has 4 rings (SSSR count). The van der Waals surface area contributed by atoms with E-state index in [1.807, 2.05) is 0 Å². The Kier molecular flexibility index (Phi) is 8.15. The Morgan fingerprint density at radius 3 is 1.66 bits per heavy atom. The van der Waals surface area contributed by atoms with Crippen LogP contribution < -0.4 is 0 Å².